The first kappa shape index (κ1) is 11.5. The Balaban J connectivity index is 2.06. The molecule has 3 rings (SSSR count). The van der Waals surface area contributed by atoms with Gasteiger partial charge in [0.05, 0.1) is 12.2 Å². The highest BCUT2D eigenvalue weighted by Crippen LogP contribution is 2.24. The Morgan fingerprint density at radius 2 is 2.11 bits per heavy atom. The van der Waals surface area contributed by atoms with Crippen molar-refractivity contribution in [3.05, 3.63) is 41.6 Å². The van der Waals surface area contributed by atoms with Gasteiger partial charge in [0.1, 0.15) is 12.3 Å². The number of rotatable bonds is 3. The van der Waals surface area contributed by atoms with Gasteiger partial charge in [0, 0.05) is 11.1 Å². The van der Waals surface area contributed by atoms with Crippen molar-refractivity contribution in [1.29, 1.82) is 0 Å². The van der Waals surface area contributed by atoms with Crippen molar-refractivity contribution in [3.8, 4) is 11.3 Å². The summed E-state index contributed by atoms with van der Waals surface area (Å²) < 4.78 is 5.45. The highest BCUT2D eigenvalue weighted by molar-refractivity contribution is 6.01. The fourth-order valence-electron chi connectivity index (χ4n) is 1.96. The minimum Gasteiger partial charge on any atom is -0.477 e. The fourth-order valence-corrected chi connectivity index (χ4v) is 1.96. The van der Waals surface area contributed by atoms with Gasteiger partial charge >= 0.3 is 5.97 Å². The van der Waals surface area contributed by atoms with Crippen LogP contribution in [0.5, 0.6) is 0 Å². The Bertz CT molecular complexity index is 661. The highest BCUT2D eigenvalue weighted by Gasteiger charge is 2.17. The summed E-state index contributed by atoms with van der Waals surface area (Å²) in [4.78, 5) is 15.1. The predicted octanol–water partition coefficient (Wildman–Crippen LogP) is 1.55. The normalized spacial score (nSPS) is 14.0. The van der Waals surface area contributed by atoms with E-state index in [-0.39, 0.29) is 5.69 Å². The zero-order chi connectivity index (χ0) is 13.2. The molecule has 6 heteroatoms. The van der Waals surface area contributed by atoms with Crippen molar-refractivity contribution >= 4 is 11.9 Å². The lowest BCUT2D eigenvalue weighted by molar-refractivity contribution is 0.0690. The lowest BCUT2D eigenvalue weighted by Gasteiger charge is -2.06. The van der Waals surface area contributed by atoms with E-state index in [0.29, 0.717) is 24.7 Å². The van der Waals surface area contributed by atoms with Gasteiger partial charge < -0.3 is 9.84 Å². The van der Waals surface area contributed by atoms with Gasteiger partial charge in [-0.1, -0.05) is 18.2 Å². The Morgan fingerprint density at radius 3 is 2.74 bits per heavy atom. The summed E-state index contributed by atoms with van der Waals surface area (Å²) >= 11 is 0. The Morgan fingerprint density at radius 1 is 1.32 bits per heavy atom. The van der Waals surface area contributed by atoms with Crippen LogP contribution in [0.15, 0.2) is 35.3 Å². The SMILES string of the molecule is O=C(O)c1cc(-c2ccccc2C2=NCCO2)n[nH]1. The van der Waals surface area contributed by atoms with E-state index in [2.05, 4.69) is 15.2 Å². The molecule has 2 heterocycles. The largest absolute Gasteiger partial charge is 0.477 e. The number of benzene rings is 1. The molecule has 96 valence electrons. The number of aromatic carboxylic acids is 1. The van der Waals surface area contributed by atoms with Crippen molar-refractivity contribution in [3.63, 3.8) is 0 Å². The molecule has 0 radical (unpaired) electrons. The number of H-pyrrole nitrogens is 1. The van der Waals surface area contributed by atoms with Crippen LogP contribution in [0.4, 0.5) is 0 Å². The van der Waals surface area contributed by atoms with Crippen molar-refractivity contribution < 1.29 is 14.6 Å². The van der Waals surface area contributed by atoms with E-state index < -0.39 is 5.97 Å². The van der Waals surface area contributed by atoms with Crippen LogP contribution in [0.1, 0.15) is 16.1 Å². The van der Waals surface area contributed by atoms with Crippen LogP contribution in [0.2, 0.25) is 0 Å². The standard InChI is InChI=1S/C13H11N3O3/c17-13(18)11-7-10(15-16-11)8-3-1-2-4-9(8)12-14-5-6-19-12/h1-4,7H,5-6H2,(H,15,16)(H,17,18). The lowest BCUT2D eigenvalue weighted by atomic mass is 10.0. The number of carboxylic acid groups (broad SMARTS) is 1. The summed E-state index contributed by atoms with van der Waals surface area (Å²) in [5.41, 5.74) is 2.24. The van der Waals surface area contributed by atoms with E-state index in [1.807, 2.05) is 24.3 Å². The molecule has 1 aromatic carbocycles. The molecule has 0 amide bonds. The molecule has 0 unspecified atom stereocenters. The average molecular weight is 257 g/mol. The molecule has 0 saturated heterocycles. The second-order valence-corrected chi connectivity index (χ2v) is 4.05. The number of nitrogens with zero attached hydrogens (tertiary/aromatic N) is 2. The van der Waals surface area contributed by atoms with Gasteiger partial charge in [-0.15, -0.1) is 0 Å². The molecule has 19 heavy (non-hydrogen) atoms. The number of hydrogen-bond acceptors (Lipinski definition) is 4. The monoisotopic (exact) mass is 257 g/mol. The maximum atomic E-state index is 10.9. The molecule has 1 aliphatic heterocycles. The molecular weight excluding hydrogens is 246 g/mol. The second-order valence-electron chi connectivity index (χ2n) is 4.05. The number of hydrogen-bond donors (Lipinski definition) is 2. The summed E-state index contributed by atoms with van der Waals surface area (Å²) in [6, 6.07) is 8.99. The number of carboxylic acids is 1. The van der Waals surface area contributed by atoms with Crippen molar-refractivity contribution in [1.82, 2.24) is 10.2 Å². The second kappa shape index (κ2) is 4.56. The Kier molecular flexibility index (Phi) is 2.75. The topological polar surface area (TPSA) is 87.6 Å². The summed E-state index contributed by atoms with van der Waals surface area (Å²) in [5.74, 6) is -0.457. The minimum atomic E-state index is -1.04. The molecule has 1 aliphatic rings. The third-order valence-corrected chi connectivity index (χ3v) is 2.83. The van der Waals surface area contributed by atoms with Crippen LogP contribution < -0.4 is 0 Å². The van der Waals surface area contributed by atoms with Gasteiger partial charge in [-0.25, -0.2) is 9.79 Å². The molecule has 0 saturated carbocycles. The predicted molar refractivity (Wildman–Crippen MR) is 68.3 cm³/mol. The van der Waals surface area contributed by atoms with E-state index >= 15 is 0 Å². The maximum Gasteiger partial charge on any atom is 0.353 e. The quantitative estimate of drug-likeness (QED) is 0.873. The third kappa shape index (κ3) is 2.08. The van der Waals surface area contributed by atoms with Crippen molar-refractivity contribution in [2.24, 2.45) is 4.99 Å². The van der Waals surface area contributed by atoms with Crippen LogP contribution in [0, 0.1) is 0 Å². The zero-order valence-electron chi connectivity index (χ0n) is 9.96. The van der Waals surface area contributed by atoms with Crippen LogP contribution in [0.3, 0.4) is 0 Å². The molecule has 2 aromatic rings. The van der Waals surface area contributed by atoms with Gasteiger partial charge in [0.2, 0.25) is 5.90 Å². The Labute approximate surface area is 108 Å². The van der Waals surface area contributed by atoms with Gasteiger partial charge in [-0.2, -0.15) is 5.10 Å². The number of ether oxygens (including phenoxy) is 1. The first-order chi connectivity index (χ1) is 9.25. The lowest BCUT2D eigenvalue weighted by Crippen LogP contribution is -2.03. The third-order valence-electron chi connectivity index (χ3n) is 2.83. The number of carbonyl (C=O) groups is 1. The molecular formula is C13H11N3O3. The van der Waals surface area contributed by atoms with E-state index in [1.165, 1.54) is 6.07 Å². The van der Waals surface area contributed by atoms with E-state index in [4.69, 9.17) is 9.84 Å². The van der Waals surface area contributed by atoms with Gasteiger partial charge in [-0.05, 0) is 12.1 Å². The summed E-state index contributed by atoms with van der Waals surface area (Å²) in [6.45, 7) is 1.22. The number of aliphatic imine (C=N–C) groups is 1. The molecule has 6 nitrogen and oxygen atoms in total. The number of nitrogens with one attached hydrogen (secondary N) is 1. The Hall–Kier alpha value is -2.63. The molecule has 2 N–H and O–H groups in total. The molecule has 1 aromatic heterocycles. The first-order valence-electron chi connectivity index (χ1n) is 5.81. The molecule has 0 bridgehead atoms. The minimum absolute atomic E-state index is 0.0547. The van der Waals surface area contributed by atoms with E-state index in [0.717, 1.165) is 11.1 Å². The van der Waals surface area contributed by atoms with E-state index in [1.54, 1.807) is 0 Å². The maximum absolute atomic E-state index is 10.9. The molecule has 0 spiro atoms. The molecule has 0 aliphatic carbocycles. The van der Waals surface area contributed by atoms with Gasteiger partial charge in [0.15, 0.2) is 0 Å². The van der Waals surface area contributed by atoms with Crippen LogP contribution >= 0.6 is 0 Å². The molecule has 0 atom stereocenters. The van der Waals surface area contributed by atoms with Crippen LogP contribution in [-0.4, -0.2) is 40.3 Å². The van der Waals surface area contributed by atoms with Gasteiger partial charge in [-0.3, -0.25) is 5.10 Å². The fraction of sp³-hybridized carbons (Fsp3) is 0.154. The molecule has 0 fully saturated rings. The number of aromatic nitrogens is 2. The summed E-state index contributed by atoms with van der Waals surface area (Å²) in [5, 5.41) is 15.4. The smallest absolute Gasteiger partial charge is 0.353 e. The van der Waals surface area contributed by atoms with Crippen LogP contribution in [-0.2, 0) is 4.74 Å². The van der Waals surface area contributed by atoms with Crippen molar-refractivity contribution in [2.45, 2.75) is 0 Å². The first-order valence-corrected chi connectivity index (χ1v) is 5.81. The summed E-state index contributed by atoms with van der Waals surface area (Å²) in [7, 11) is 0. The number of aromatic amines is 1. The van der Waals surface area contributed by atoms with Gasteiger partial charge in [0.25, 0.3) is 0 Å². The average Bonchev–Trinajstić information content (AvgIpc) is 3.10. The summed E-state index contributed by atoms with van der Waals surface area (Å²) in [6.07, 6.45) is 0. The van der Waals surface area contributed by atoms with Crippen molar-refractivity contribution in [2.75, 3.05) is 13.2 Å². The zero-order valence-corrected chi connectivity index (χ0v) is 9.96. The highest BCUT2D eigenvalue weighted by atomic mass is 16.5. The van der Waals surface area contributed by atoms with E-state index in [9.17, 15) is 4.79 Å². The van der Waals surface area contributed by atoms with Crippen LogP contribution in [0.25, 0.3) is 11.3 Å².